The Balaban J connectivity index is 1.87. The van der Waals surface area contributed by atoms with Gasteiger partial charge in [0.05, 0.1) is 29.6 Å². The van der Waals surface area contributed by atoms with E-state index in [9.17, 15) is 9.90 Å². The molecule has 29 heavy (non-hydrogen) atoms. The second kappa shape index (κ2) is 8.27. The molecular formula is C22H21ClN2O4. The zero-order valence-corrected chi connectivity index (χ0v) is 16.7. The summed E-state index contributed by atoms with van der Waals surface area (Å²) in [7, 11) is 1.51. The molecule has 0 spiro atoms. The Labute approximate surface area is 173 Å². The molecule has 0 bridgehead atoms. The predicted molar refractivity (Wildman–Crippen MR) is 113 cm³/mol. The first-order valence-electron chi connectivity index (χ1n) is 9.41. The quantitative estimate of drug-likeness (QED) is 0.597. The molecule has 0 unspecified atom stereocenters. The van der Waals surface area contributed by atoms with Gasteiger partial charge >= 0.3 is 5.97 Å². The van der Waals surface area contributed by atoms with Crippen molar-refractivity contribution in [2.24, 2.45) is 0 Å². The molecule has 2 heterocycles. The van der Waals surface area contributed by atoms with E-state index >= 15 is 0 Å². The van der Waals surface area contributed by atoms with Crippen LogP contribution in [0.15, 0.2) is 42.6 Å². The average Bonchev–Trinajstić information content (AvgIpc) is 2.74. The highest BCUT2D eigenvalue weighted by Crippen LogP contribution is 2.39. The fourth-order valence-electron chi connectivity index (χ4n) is 3.71. The van der Waals surface area contributed by atoms with Crippen molar-refractivity contribution < 1.29 is 19.4 Å². The Hall–Kier alpha value is -2.83. The summed E-state index contributed by atoms with van der Waals surface area (Å²) in [6.45, 7) is 1.39. The number of methoxy groups -OCH3 is 1. The molecule has 1 aliphatic rings. The van der Waals surface area contributed by atoms with Crippen LogP contribution in [0.2, 0.25) is 5.02 Å². The fraction of sp³-hybridized carbons (Fsp3) is 0.273. The second-order valence-electron chi connectivity index (χ2n) is 6.98. The summed E-state index contributed by atoms with van der Waals surface area (Å²) in [5.41, 5.74) is 3.28. The molecule has 3 aromatic rings. The van der Waals surface area contributed by atoms with Gasteiger partial charge in [-0.25, -0.2) is 4.79 Å². The van der Waals surface area contributed by atoms with Crippen LogP contribution in [-0.2, 0) is 4.74 Å². The molecule has 1 saturated heterocycles. The summed E-state index contributed by atoms with van der Waals surface area (Å²) in [6.07, 6.45) is 3.65. The molecule has 1 fully saturated rings. The van der Waals surface area contributed by atoms with E-state index in [1.165, 1.54) is 13.2 Å². The van der Waals surface area contributed by atoms with Gasteiger partial charge in [0.2, 0.25) is 0 Å². The number of hydrogen-bond acceptors (Lipinski definition) is 5. The molecule has 0 aliphatic carbocycles. The van der Waals surface area contributed by atoms with E-state index in [-0.39, 0.29) is 11.5 Å². The molecule has 2 N–H and O–H groups in total. The number of halogens is 1. The maximum absolute atomic E-state index is 11.8. The summed E-state index contributed by atoms with van der Waals surface area (Å²) in [4.78, 5) is 16.4. The number of carbonyl (C=O) groups is 1. The van der Waals surface area contributed by atoms with E-state index in [0.29, 0.717) is 29.7 Å². The Kier molecular flexibility index (Phi) is 5.56. The topological polar surface area (TPSA) is 80.7 Å². The van der Waals surface area contributed by atoms with Crippen molar-refractivity contribution in [2.75, 3.05) is 25.6 Å². The van der Waals surface area contributed by atoms with E-state index < -0.39 is 5.97 Å². The summed E-state index contributed by atoms with van der Waals surface area (Å²) >= 11 is 6.27. The number of rotatable bonds is 5. The normalized spacial score (nSPS) is 14.7. The van der Waals surface area contributed by atoms with Crippen LogP contribution in [0, 0.1) is 0 Å². The molecule has 2 aromatic carbocycles. The van der Waals surface area contributed by atoms with E-state index in [1.807, 2.05) is 18.3 Å². The molecule has 0 atom stereocenters. The van der Waals surface area contributed by atoms with Crippen molar-refractivity contribution in [3.8, 4) is 5.75 Å². The number of carboxylic acids is 1. The number of carboxylic acid groups (broad SMARTS) is 1. The van der Waals surface area contributed by atoms with Gasteiger partial charge in [-0.3, -0.25) is 4.98 Å². The predicted octanol–water partition coefficient (Wildman–Crippen LogP) is 5.23. The molecule has 7 heteroatoms. The van der Waals surface area contributed by atoms with Crippen LogP contribution in [-0.4, -0.2) is 36.4 Å². The maximum Gasteiger partial charge on any atom is 0.337 e. The third-order valence-corrected chi connectivity index (χ3v) is 5.47. The highest BCUT2D eigenvalue weighted by Gasteiger charge is 2.22. The molecule has 1 aliphatic heterocycles. The van der Waals surface area contributed by atoms with Gasteiger partial charge in [0.25, 0.3) is 0 Å². The van der Waals surface area contributed by atoms with Gasteiger partial charge in [0, 0.05) is 29.8 Å². The third kappa shape index (κ3) is 3.99. The Morgan fingerprint density at radius 1 is 1.24 bits per heavy atom. The average molecular weight is 413 g/mol. The number of anilines is 2. The lowest BCUT2D eigenvalue weighted by atomic mass is 9.90. The van der Waals surface area contributed by atoms with Crippen LogP contribution in [0.4, 0.5) is 11.4 Å². The molecule has 6 nitrogen and oxygen atoms in total. The minimum atomic E-state index is -1.03. The number of nitrogens with one attached hydrogen (secondary N) is 1. The summed E-state index contributed by atoms with van der Waals surface area (Å²) in [5, 5.41) is 14.5. The fourth-order valence-corrected chi connectivity index (χ4v) is 3.88. The second-order valence-corrected chi connectivity index (χ2v) is 7.41. The molecule has 0 saturated carbocycles. The van der Waals surface area contributed by atoms with Crippen molar-refractivity contribution in [2.45, 2.75) is 18.8 Å². The van der Waals surface area contributed by atoms with E-state index in [1.54, 1.807) is 18.2 Å². The minimum Gasteiger partial charge on any atom is -0.497 e. The van der Waals surface area contributed by atoms with Crippen molar-refractivity contribution in [1.82, 2.24) is 4.98 Å². The smallest absolute Gasteiger partial charge is 0.337 e. The molecule has 0 radical (unpaired) electrons. The van der Waals surface area contributed by atoms with Gasteiger partial charge in [0.1, 0.15) is 5.75 Å². The molecular weight excluding hydrogens is 392 g/mol. The van der Waals surface area contributed by atoms with Gasteiger partial charge in [0.15, 0.2) is 0 Å². The van der Waals surface area contributed by atoms with Crippen molar-refractivity contribution in [3.63, 3.8) is 0 Å². The molecule has 4 rings (SSSR count). The largest absolute Gasteiger partial charge is 0.497 e. The number of nitrogens with zero attached hydrogens (tertiary/aromatic N) is 1. The van der Waals surface area contributed by atoms with Gasteiger partial charge < -0.3 is 19.9 Å². The van der Waals surface area contributed by atoms with Crippen LogP contribution in [0.5, 0.6) is 5.75 Å². The van der Waals surface area contributed by atoms with Gasteiger partial charge in [-0.1, -0.05) is 11.6 Å². The first-order valence-corrected chi connectivity index (χ1v) is 9.79. The van der Waals surface area contributed by atoms with Crippen molar-refractivity contribution in [3.05, 3.63) is 58.7 Å². The minimum absolute atomic E-state index is 0.134. The Morgan fingerprint density at radius 2 is 2.03 bits per heavy atom. The highest BCUT2D eigenvalue weighted by atomic mass is 35.5. The number of benzene rings is 2. The molecule has 150 valence electrons. The lowest BCUT2D eigenvalue weighted by Crippen LogP contribution is -2.16. The zero-order valence-electron chi connectivity index (χ0n) is 15.9. The lowest BCUT2D eigenvalue weighted by molar-refractivity contribution is 0.0697. The van der Waals surface area contributed by atoms with Gasteiger partial charge in [-0.15, -0.1) is 0 Å². The van der Waals surface area contributed by atoms with Gasteiger partial charge in [-0.2, -0.15) is 0 Å². The third-order valence-electron chi connectivity index (χ3n) is 5.24. The van der Waals surface area contributed by atoms with Crippen LogP contribution < -0.4 is 10.1 Å². The van der Waals surface area contributed by atoms with Crippen molar-refractivity contribution >= 4 is 39.8 Å². The van der Waals surface area contributed by atoms with Crippen LogP contribution in [0.1, 0.15) is 34.7 Å². The Bertz CT molecular complexity index is 1060. The monoisotopic (exact) mass is 412 g/mol. The standard InChI is InChI=1S/C22H21ClN2O4/c1-28-15-3-5-20(17(11-15)22(26)27)25-21-16-10-14(23)2-4-19(16)24-12-18(21)13-6-8-29-9-7-13/h2-5,10-13H,6-9H2,1H3,(H,24,25)(H,26,27). The number of fused-ring (bicyclic) bond motifs is 1. The first-order chi connectivity index (χ1) is 14.1. The van der Waals surface area contributed by atoms with E-state index in [4.69, 9.17) is 21.1 Å². The molecule has 1 aromatic heterocycles. The van der Waals surface area contributed by atoms with Crippen molar-refractivity contribution in [1.29, 1.82) is 0 Å². The summed E-state index contributed by atoms with van der Waals surface area (Å²) in [5.74, 6) is -0.274. The highest BCUT2D eigenvalue weighted by molar-refractivity contribution is 6.31. The SMILES string of the molecule is COc1ccc(Nc2c(C3CCOCC3)cnc3ccc(Cl)cc23)c(C(=O)O)c1. The number of ether oxygens (including phenoxy) is 2. The first kappa shape index (κ1) is 19.5. The Morgan fingerprint density at radius 3 is 2.76 bits per heavy atom. The van der Waals surface area contributed by atoms with Gasteiger partial charge in [-0.05, 0) is 60.7 Å². The number of aromatic carboxylic acids is 1. The number of aromatic nitrogens is 1. The van der Waals surface area contributed by atoms with E-state index in [0.717, 1.165) is 35.0 Å². The lowest BCUT2D eigenvalue weighted by Gasteiger charge is -2.26. The number of hydrogen-bond donors (Lipinski definition) is 2. The van der Waals surface area contributed by atoms with Crippen LogP contribution >= 0.6 is 11.6 Å². The zero-order chi connectivity index (χ0) is 20.4. The molecule has 0 amide bonds. The summed E-state index contributed by atoms with van der Waals surface area (Å²) in [6, 6.07) is 10.5. The maximum atomic E-state index is 11.8. The number of pyridine rings is 1. The van der Waals surface area contributed by atoms with Crippen LogP contribution in [0.25, 0.3) is 10.9 Å². The summed E-state index contributed by atoms with van der Waals surface area (Å²) < 4.78 is 10.7. The van der Waals surface area contributed by atoms with Crippen LogP contribution in [0.3, 0.4) is 0 Å². The van der Waals surface area contributed by atoms with E-state index in [2.05, 4.69) is 10.3 Å².